The Hall–Kier alpha value is -1.52. The number of anilines is 1. The van der Waals surface area contributed by atoms with E-state index < -0.39 is 6.04 Å². The topological polar surface area (TPSA) is 38.3 Å². The molecule has 0 radical (unpaired) electrons. The van der Waals surface area contributed by atoms with Crippen LogP contribution >= 0.6 is 27.5 Å². The number of benzene rings is 2. The van der Waals surface area contributed by atoms with Crippen LogP contribution in [0.15, 0.2) is 53.0 Å². The van der Waals surface area contributed by atoms with Gasteiger partial charge in [0.05, 0.1) is 17.3 Å². The molecule has 0 aliphatic rings. The third-order valence-electron chi connectivity index (χ3n) is 2.91. The van der Waals surface area contributed by atoms with Crippen LogP contribution in [0.2, 0.25) is 5.02 Å². The first kappa shape index (κ1) is 15.9. The number of para-hydroxylation sites is 1. The predicted octanol–water partition coefficient (Wildman–Crippen LogP) is 4.82. The number of hydrogen-bond acceptors (Lipinski definition) is 3. The van der Waals surface area contributed by atoms with E-state index in [4.69, 9.17) is 16.3 Å². The second-order valence-corrected chi connectivity index (χ2v) is 5.59. The van der Waals surface area contributed by atoms with Crippen molar-refractivity contribution in [1.82, 2.24) is 0 Å². The highest BCUT2D eigenvalue weighted by Crippen LogP contribution is 2.30. The molecular weight excluding hydrogens is 354 g/mol. The summed E-state index contributed by atoms with van der Waals surface area (Å²) in [6, 6.07) is 14.2. The molecule has 0 saturated heterocycles. The summed E-state index contributed by atoms with van der Waals surface area (Å²) in [6.45, 7) is 2.11. The molecule has 1 unspecified atom stereocenters. The van der Waals surface area contributed by atoms with Crippen molar-refractivity contribution in [2.24, 2.45) is 0 Å². The molecule has 21 heavy (non-hydrogen) atoms. The molecule has 1 N–H and O–H groups in total. The molecule has 0 spiro atoms. The van der Waals surface area contributed by atoms with Crippen LogP contribution in [0.1, 0.15) is 18.5 Å². The minimum atomic E-state index is -0.625. The van der Waals surface area contributed by atoms with Crippen LogP contribution < -0.4 is 5.32 Å². The highest BCUT2D eigenvalue weighted by molar-refractivity contribution is 9.10. The van der Waals surface area contributed by atoms with Crippen molar-refractivity contribution in [3.63, 3.8) is 0 Å². The Morgan fingerprint density at radius 2 is 1.90 bits per heavy atom. The minimum absolute atomic E-state index is 0.323. The van der Waals surface area contributed by atoms with Crippen LogP contribution in [0.3, 0.4) is 0 Å². The van der Waals surface area contributed by atoms with Crippen LogP contribution in [0.5, 0.6) is 0 Å². The van der Waals surface area contributed by atoms with Gasteiger partial charge in [0.2, 0.25) is 0 Å². The maximum atomic E-state index is 12.3. The fourth-order valence-electron chi connectivity index (χ4n) is 1.93. The molecule has 5 heteroatoms. The van der Waals surface area contributed by atoms with E-state index in [1.807, 2.05) is 42.5 Å². The van der Waals surface area contributed by atoms with Gasteiger partial charge in [-0.15, -0.1) is 0 Å². The lowest BCUT2D eigenvalue weighted by atomic mass is 10.1. The van der Waals surface area contributed by atoms with Gasteiger partial charge in [-0.1, -0.05) is 57.9 Å². The van der Waals surface area contributed by atoms with Gasteiger partial charge >= 0.3 is 5.97 Å². The Morgan fingerprint density at radius 1 is 1.24 bits per heavy atom. The summed E-state index contributed by atoms with van der Waals surface area (Å²) in [5.41, 5.74) is 1.49. The van der Waals surface area contributed by atoms with E-state index in [1.165, 1.54) is 0 Å². The van der Waals surface area contributed by atoms with Crippen molar-refractivity contribution in [3.8, 4) is 0 Å². The molecule has 2 aromatic carbocycles. The van der Waals surface area contributed by atoms with Crippen LogP contribution in [0.25, 0.3) is 0 Å². The fourth-order valence-corrected chi connectivity index (χ4v) is 2.64. The van der Waals surface area contributed by atoms with Gasteiger partial charge in [-0.2, -0.15) is 0 Å². The van der Waals surface area contributed by atoms with Crippen LogP contribution in [0.4, 0.5) is 5.69 Å². The predicted molar refractivity (Wildman–Crippen MR) is 88.6 cm³/mol. The Balaban J connectivity index is 2.36. The zero-order chi connectivity index (χ0) is 15.2. The van der Waals surface area contributed by atoms with E-state index in [9.17, 15) is 4.79 Å². The van der Waals surface area contributed by atoms with E-state index in [-0.39, 0.29) is 5.97 Å². The van der Waals surface area contributed by atoms with Gasteiger partial charge in [-0.3, -0.25) is 0 Å². The van der Waals surface area contributed by atoms with Crippen molar-refractivity contribution in [2.45, 2.75) is 13.0 Å². The molecular formula is C16H15BrClNO2. The molecule has 0 aliphatic carbocycles. The Bertz CT molecular complexity index is 633. The van der Waals surface area contributed by atoms with Gasteiger partial charge in [0.1, 0.15) is 0 Å². The number of rotatable bonds is 5. The Labute approximate surface area is 137 Å². The second-order valence-electron chi connectivity index (χ2n) is 4.33. The van der Waals surface area contributed by atoms with Gasteiger partial charge in [0.25, 0.3) is 0 Å². The maximum absolute atomic E-state index is 12.3. The van der Waals surface area contributed by atoms with Gasteiger partial charge in [0.15, 0.2) is 6.04 Å². The summed E-state index contributed by atoms with van der Waals surface area (Å²) in [7, 11) is 0. The molecule has 0 aliphatic heterocycles. The Kier molecular flexibility index (Phi) is 5.65. The van der Waals surface area contributed by atoms with E-state index in [0.29, 0.717) is 17.3 Å². The first-order valence-corrected chi connectivity index (χ1v) is 7.72. The van der Waals surface area contributed by atoms with Crippen LogP contribution in [0, 0.1) is 0 Å². The molecule has 110 valence electrons. The highest BCUT2D eigenvalue weighted by atomic mass is 79.9. The monoisotopic (exact) mass is 367 g/mol. The van der Waals surface area contributed by atoms with Crippen molar-refractivity contribution >= 4 is 39.2 Å². The summed E-state index contributed by atoms with van der Waals surface area (Å²) in [5.74, 6) is -0.343. The van der Waals surface area contributed by atoms with Gasteiger partial charge in [0, 0.05) is 4.47 Å². The molecule has 1 atom stereocenters. The van der Waals surface area contributed by atoms with Gasteiger partial charge < -0.3 is 10.1 Å². The first-order valence-electron chi connectivity index (χ1n) is 6.55. The average Bonchev–Trinajstić information content (AvgIpc) is 2.48. The second kappa shape index (κ2) is 7.48. The lowest BCUT2D eigenvalue weighted by Gasteiger charge is -2.20. The molecule has 0 fully saturated rings. The average molecular weight is 369 g/mol. The molecule has 0 amide bonds. The first-order chi connectivity index (χ1) is 10.1. The number of carbonyl (C=O) groups is 1. The number of carbonyl (C=O) groups excluding carboxylic acids is 1. The molecule has 0 aromatic heterocycles. The Morgan fingerprint density at radius 3 is 2.57 bits per heavy atom. The third-order valence-corrected chi connectivity index (χ3v) is 3.96. The summed E-state index contributed by atoms with van der Waals surface area (Å²) < 4.78 is 6.00. The normalized spacial score (nSPS) is 11.8. The number of ether oxygens (including phenoxy) is 1. The third kappa shape index (κ3) is 3.99. The summed E-state index contributed by atoms with van der Waals surface area (Å²) in [4.78, 5) is 12.3. The minimum Gasteiger partial charge on any atom is -0.464 e. The lowest BCUT2D eigenvalue weighted by molar-refractivity contribution is -0.144. The molecule has 0 saturated carbocycles. The van der Waals surface area contributed by atoms with E-state index in [0.717, 1.165) is 10.0 Å². The van der Waals surface area contributed by atoms with Crippen molar-refractivity contribution in [3.05, 3.63) is 63.6 Å². The van der Waals surface area contributed by atoms with E-state index in [2.05, 4.69) is 21.2 Å². The van der Waals surface area contributed by atoms with Crippen molar-refractivity contribution < 1.29 is 9.53 Å². The molecule has 2 rings (SSSR count). The standard InChI is InChI=1S/C16H15BrClNO2/c1-2-21-16(20)15(11-7-3-4-8-12(11)17)19-14-10-6-5-9-13(14)18/h3-10,15,19H,2H2,1H3. The smallest absolute Gasteiger partial charge is 0.333 e. The van der Waals surface area contributed by atoms with Crippen LogP contribution in [-0.2, 0) is 9.53 Å². The summed E-state index contributed by atoms with van der Waals surface area (Å²) >= 11 is 9.62. The summed E-state index contributed by atoms with van der Waals surface area (Å²) in [6.07, 6.45) is 0. The SMILES string of the molecule is CCOC(=O)C(Nc1ccccc1Cl)c1ccccc1Br. The number of hydrogen-bond donors (Lipinski definition) is 1. The zero-order valence-electron chi connectivity index (χ0n) is 11.5. The number of nitrogens with one attached hydrogen (secondary N) is 1. The number of esters is 1. The lowest BCUT2D eigenvalue weighted by Crippen LogP contribution is -2.24. The van der Waals surface area contributed by atoms with Crippen molar-refractivity contribution in [2.75, 3.05) is 11.9 Å². The van der Waals surface area contributed by atoms with Crippen molar-refractivity contribution in [1.29, 1.82) is 0 Å². The highest BCUT2D eigenvalue weighted by Gasteiger charge is 2.24. The maximum Gasteiger partial charge on any atom is 0.333 e. The molecule has 0 bridgehead atoms. The number of halogens is 2. The summed E-state index contributed by atoms with van der Waals surface area (Å²) in [5, 5.41) is 3.71. The quantitative estimate of drug-likeness (QED) is 0.769. The van der Waals surface area contributed by atoms with E-state index >= 15 is 0 Å². The van der Waals surface area contributed by atoms with E-state index in [1.54, 1.807) is 13.0 Å². The molecule has 2 aromatic rings. The largest absolute Gasteiger partial charge is 0.464 e. The molecule has 3 nitrogen and oxygen atoms in total. The van der Waals surface area contributed by atoms with Gasteiger partial charge in [-0.05, 0) is 30.7 Å². The fraction of sp³-hybridized carbons (Fsp3) is 0.188. The van der Waals surface area contributed by atoms with Gasteiger partial charge in [-0.25, -0.2) is 4.79 Å². The zero-order valence-corrected chi connectivity index (χ0v) is 13.8. The van der Waals surface area contributed by atoms with Crippen LogP contribution in [-0.4, -0.2) is 12.6 Å². The molecule has 0 heterocycles.